The molecule has 18 heteroatoms. The molecule has 2 atom stereocenters. The molecule has 46 heavy (non-hydrogen) atoms. The molecule has 3 aromatic heterocycles. The van der Waals surface area contributed by atoms with E-state index in [4.69, 9.17) is 16.6 Å². The lowest BCUT2D eigenvalue weighted by atomic mass is 9.92. The number of fused-ring (bicyclic) bond motifs is 1. The van der Waals surface area contributed by atoms with Crippen LogP contribution in [0.4, 0.5) is 13.2 Å². The molecule has 11 nitrogen and oxygen atoms in total. The molecule has 3 aliphatic heterocycles. The lowest BCUT2D eigenvalue weighted by molar-refractivity contribution is -0.0100. The number of hydrogen-bond acceptors (Lipinski definition) is 10. The number of aromatic nitrogens is 4. The number of benzene rings is 1. The topological polar surface area (TPSA) is 129 Å². The highest BCUT2D eigenvalue weighted by molar-refractivity contribution is 7.87. The van der Waals surface area contributed by atoms with E-state index < -0.39 is 40.3 Å². The van der Waals surface area contributed by atoms with Crippen LogP contribution in [0.1, 0.15) is 53.1 Å². The number of thiazole rings is 2. The third kappa shape index (κ3) is 5.78. The molecule has 0 amide bonds. The predicted octanol–water partition coefficient (Wildman–Crippen LogP) is 4.79. The second-order valence-electron chi connectivity index (χ2n) is 11.1. The third-order valence-corrected chi connectivity index (χ3v) is 12.0. The quantitative estimate of drug-likeness (QED) is 0.269. The second-order valence-corrected chi connectivity index (χ2v) is 15.0. The molecular formula is C28H26ClF3N8O3S3. The lowest BCUT2D eigenvalue weighted by Crippen LogP contribution is -2.51. The van der Waals surface area contributed by atoms with E-state index in [9.17, 15) is 26.7 Å². The SMILES string of the molecule is O=S(=O)(N[C@H]1CC2=C(c3ccn(C(F)F)n3)[C@H](c3ccc(F)cc3Cl)N=C(c3nccs3)N2C1)N1CCC(O)(c2nccs2)CC1. The Morgan fingerprint density at radius 2 is 1.87 bits per heavy atom. The van der Waals surface area contributed by atoms with Gasteiger partial charge in [0.2, 0.25) is 0 Å². The highest BCUT2D eigenvalue weighted by Gasteiger charge is 2.44. The maximum absolute atomic E-state index is 14.1. The Morgan fingerprint density at radius 1 is 1.11 bits per heavy atom. The largest absolute Gasteiger partial charge is 0.383 e. The Kier molecular flexibility index (Phi) is 8.27. The standard InChI is InChI=1S/C28H26ClF3N8O3S3/c29-19-13-16(30)1-2-18(19)23-22(20-3-8-40(36-20)27(31)32)21-14-17(15-39(21)24(35-23)25-33-6-11-44-25)37-46(42,43)38-9-4-28(41,5-10-38)26-34-7-12-45-26/h1-3,6-8,11-13,17,23,27,37,41H,4-5,9-10,14-15H2/t17-,23-/m0/s1. The number of aliphatic imine (C=N–C) groups is 1. The predicted molar refractivity (Wildman–Crippen MR) is 167 cm³/mol. The third-order valence-electron chi connectivity index (χ3n) is 8.26. The smallest absolute Gasteiger partial charge is 0.333 e. The van der Waals surface area contributed by atoms with Crippen molar-refractivity contribution < 1.29 is 26.7 Å². The first kappa shape index (κ1) is 31.4. The first-order valence-electron chi connectivity index (χ1n) is 14.2. The highest BCUT2D eigenvalue weighted by atomic mass is 35.5. The summed E-state index contributed by atoms with van der Waals surface area (Å²) in [5.41, 5.74) is 0.492. The summed E-state index contributed by atoms with van der Waals surface area (Å²) in [6.45, 7) is -2.52. The van der Waals surface area contributed by atoms with Crippen molar-refractivity contribution in [1.29, 1.82) is 0 Å². The van der Waals surface area contributed by atoms with Gasteiger partial charge in [-0.25, -0.2) is 19.0 Å². The summed E-state index contributed by atoms with van der Waals surface area (Å²) < 4.78 is 73.3. The van der Waals surface area contributed by atoms with Gasteiger partial charge < -0.3 is 10.0 Å². The van der Waals surface area contributed by atoms with Gasteiger partial charge in [0, 0.05) is 83.3 Å². The fourth-order valence-corrected chi connectivity index (χ4v) is 9.18. The van der Waals surface area contributed by atoms with E-state index in [1.54, 1.807) is 23.2 Å². The fraction of sp³-hybridized carbons (Fsp3) is 0.357. The second kappa shape index (κ2) is 12.1. The monoisotopic (exact) mass is 710 g/mol. The summed E-state index contributed by atoms with van der Waals surface area (Å²) >= 11 is 9.18. The Balaban J connectivity index is 1.24. The number of hydrogen-bond donors (Lipinski definition) is 2. The van der Waals surface area contributed by atoms with Gasteiger partial charge in [-0.2, -0.15) is 31.3 Å². The number of piperidine rings is 1. The molecule has 7 rings (SSSR count). The van der Waals surface area contributed by atoms with Crippen molar-refractivity contribution >= 4 is 55.9 Å². The molecule has 242 valence electrons. The number of aliphatic hydroxyl groups is 1. The van der Waals surface area contributed by atoms with Crippen molar-refractivity contribution in [2.75, 3.05) is 19.6 Å². The minimum atomic E-state index is -3.99. The van der Waals surface area contributed by atoms with Crippen molar-refractivity contribution in [3.8, 4) is 0 Å². The number of nitrogens with zero attached hydrogens (tertiary/aromatic N) is 7. The molecule has 2 fully saturated rings. The maximum Gasteiger partial charge on any atom is 0.333 e. The van der Waals surface area contributed by atoms with Gasteiger partial charge in [-0.1, -0.05) is 17.7 Å². The van der Waals surface area contributed by atoms with E-state index in [0.29, 0.717) is 37.4 Å². The molecule has 4 aromatic rings. The summed E-state index contributed by atoms with van der Waals surface area (Å²) in [4.78, 5) is 15.4. The number of alkyl halides is 2. The number of amidine groups is 1. The molecule has 0 spiro atoms. The molecule has 6 heterocycles. The summed E-state index contributed by atoms with van der Waals surface area (Å²) in [6.07, 6.45) is 4.94. The zero-order chi connectivity index (χ0) is 32.2. The molecule has 2 N–H and O–H groups in total. The summed E-state index contributed by atoms with van der Waals surface area (Å²) in [5, 5.41) is 19.9. The zero-order valence-electron chi connectivity index (χ0n) is 23.8. The van der Waals surface area contributed by atoms with Crippen molar-refractivity contribution in [1.82, 2.24) is 33.7 Å². The molecular weight excluding hydrogens is 685 g/mol. The van der Waals surface area contributed by atoms with Crippen LogP contribution >= 0.6 is 34.3 Å². The number of halogens is 4. The van der Waals surface area contributed by atoms with E-state index in [2.05, 4.69) is 19.8 Å². The van der Waals surface area contributed by atoms with Gasteiger partial charge in [0.1, 0.15) is 22.5 Å². The maximum atomic E-state index is 14.1. The molecule has 0 saturated carbocycles. The first-order valence-corrected chi connectivity index (χ1v) is 17.8. The minimum absolute atomic E-state index is 0.0881. The average molecular weight is 711 g/mol. The molecule has 1 aromatic carbocycles. The van der Waals surface area contributed by atoms with Crippen LogP contribution in [0.25, 0.3) is 5.57 Å². The van der Waals surface area contributed by atoms with Crippen LogP contribution < -0.4 is 4.72 Å². The van der Waals surface area contributed by atoms with Gasteiger partial charge in [0.25, 0.3) is 10.2 Å². The number of nitrogens with one attached hydrogen (secondary N) is 1. The first-order chi connectivity index (χ1) is 22.0. The number of rotatable bonds is 8. The van der Waals surface area contributed by atoms with E-state index >= 15 is 0 Å². The van der Waals surface area contributed by atoms with E-state index in [0.717, 1.165) is 12.3 Å². The summed E-state index contributed by atoms with van der Waals surface area (Å²) in [5.74, 6) is -0.106. The van der Waals surface area contributed by atoms with Gasteiger partial charge in [0.05, 0.1) is 5.69 Å². The normalized spacial score (nSPS) is 22.0. The van der Waals surface area contributed by atoms with Crippen LogP contribution in [0.2, 0.25) is 5.02 Å². The van der Waals surface area contributed by atoms with Crippen molar-refractivity contribution in [2.45, 2.75) is 43.5 Å². The van der Waals surface area contributed by atoms with Crippen molar-refractivity contribution in [2.24, 2.45) is 4.99 Å². The highest BCUT2D eigenvalue weighted by Crippen LogP contribution is 2.46. The van der Waals surface area contributed by atoms with Crippen molar-refractivity contribution in [3.63, 3.8) is 0 Å². The van der Waals surface area contributed by atoms with Crippen LogP contribution in [-0.2, 0) is 15.8 Å². The van der Waals surface area contributed by atoms with Gasteiger partial charge in [-0.15, -0.1) is 22.7 Å². The van der Waals surface area contributed by atoms with E-state index in [1.165, 1.54) is 45.2 Å². The molecule has 0 aliphatic carbocycles. The van der Waals surface area contributed by atoms with Crippen LogP contribution in [0.3, 0.4) is 0 Å². The van der Waals surface area contributed by atoms with E-state index in [1.807, 2.05) is 4.90 Å². The Hall–Kier alpha value is -3.19. The Labute approximate surface area is 274 Å². The Morgan fingerprint density at radius 3 is 2.52 bits per heavy atom. The molecule has 0 radical (unpaired) electrons. The van der Waals surface area contributed by atoms with E-state index in [-0.39, 0.29) is 49.6 Å². The molecule has 3 aliphatic rings. The van der Waals surface area contributed by atoms with Gasteiger partial charge >= 0.3 is 6.55 Å². The lowest BCUT2D eigenvalue weighted by Gasteiger charge is -2.36. The van der Waals surface area contributed by atoms with Gasteiger partial charge in [-0.3, -0.25) is 4.99 Å². The van der Waals surface area contributed by atoms with Crippen LogP contribution in [0.15, 0.2) is 64.3 Å². The fourth-order valence-electron chi connectivity index (χ4n) is 6.08. The average Bonchev–Trinajstić information content (AvgIpc) is 3.84. The molecule has 2 saturated heterocycles. The van der Waals surface area contributed by atoms with Crippen LogP contribution in [0, 0.1) is 5.82 Å². The van der Waals surface area contributed by atoms with Crippen LogP contribution in [0.5, 0.6) is 0 Å². The summed E-state index contributed by atoms with van der Waals surface area (Å²) in [7, 11) is -3.99. The van der Waals surface area contributed by atoms with Crippen molar-refractivity contribution in [3.05, 3.63) is 91.4 Å². The van der Waals surface area contributed by atoms with Gasteiger partial charge in [0.15, 0.2) is 10.8 Å². The van der Waals surface area contributed by atoms with Gasteiger partial charge in [-0.05, 0) is 31.0 Å². The molecule has 0 bridgehead atoms. The summed E-state index contributed by atoms with van der Waals surface area (Å²) in [6, 6.07) is 3.81. The Bertz CT molecular complexity index is 1910. The molecule has 0 unspecified atom stereocenters. The van der Waals surface area contributed by atoms with Crippen LogP contribution in [-0.4, -0.2) is 74.0 Å². The minimum Gasteiger partial charge on any atom is -0.383 e. The zero-order valence-corrected chi connectivity index (χ0v) is 27.0.